The maximum absolute atomic E-state index is 12.3. The summed E-state index contributed by atoms with van der Waals surface area (Å²) in [6.07, 6.45) is 0. The van der Waals surface area contributed by atoms with Crippen LogP contribution in [0.2, 0.25) is 0 Å². The fourth-order valence-electron chi connectivity index (χ4n) is 2.76. The van der Waals surface area contributed by atoms with Crippen LogP contribution in [-0.4, -0.2) is 64.4 Å². The lowest BCUT2D eigenvalue weighted by Crippen LogP contribution is -2.51. The van der Waals surface area contributed by atoms with E-state index in [1.807, 2.05) is 24.3 Å². The number of hydrogen-bond acceptors (Lipinski definition) is 5. The van der Waals surface area contributed by atoms with E-state index >= 15 is 0 Å². The molecule has 0 N–H and O–H groups in total. The molecular weight excluding hydrogens is 308 g/mol. The first kappa shape index (κ1) is 16.2. The lowest BCUT2D eigenvalue weighted by molar-refractivity contribution is -0.139. The third-order valence-electron chi connectivity index (χ3n) is 4.09. The molecule has 2 aromatic rings. The van der Waals surface area contributed by atoms with E-state index in [0.717, 1.165) is 10.9 Å². The average Bonchev–Trinajstić information content (AvgIpc) is 2.59. The zero-order chi connectivity index (χ0) is 17.1. The number of carbonyl (C=O) groups is 2. The first-order chi connectivity index (χ1) is 11.5. The van der Waals surface area contributed by atoms with Gasteiger partial charge >= 0.3 is 0 Å². The predicted octanol–water partition coefficient (Wildman–Crippen LogP) is 1.01. The number of benzene rings is 1. The number of carbonyl (C=O) groups excluding carboxylic acids is 2. The predicted molar refractivity (Wildman–Crippen MR) is 88.6 cm³/mol. The molecule has 3 rings (SSSR count). The molecule has 0 spiro atoms. The van der Waals surface area contributed by atoms with Crippen molar-refractivity contribution in [1.82, 2.24) is 19.8 Å². The van der Waals surface area contributed by atoms with Gasteiger partial charge in [0, 0.05) is 33.1 Å². The van der Waals surface area contributed by atoms with Crippen molar-refractivity contribution in [1.29, 1.82) is 0 Å². The largest absolute Gasteiger partial charge is 0.467 e. The Morgan fingerprint density at radius 3 is 2.46 bits per heavy atom. The minimum atomic E-state index is -0.0986. The molecule has 24 heavy (non-hydrogen) atoms. The van der Waals surface area contributed by atoms with E-state index in [9.17, 15) is 9.59 Å². The first-order valence-corrected chi connectivity index (χ1v) is 7.94. The van der Waals surface area contributed by atoms with Gasteiger partial charge in [-0.25, -0.2) is 4.98 Å². The van der Waals surface area contributed by atoms with E-state index in [4.69, 9.17) is 4.74 Å². The van der Waals surface area contributed by atoms with Crippen LogP contribution in [0, 0.1) is 6.92 Å². The van der Waals surface area contributed by atoms with Gasteiger partial charge in [0.2, 0.25) is 11.8 Å². The van der Waals surface area contributed by atoms with E-state index in [2.05, 4.69) is 9.97 Å². The van der Waals surface area contributed by atoms with E-state index in [1.165, 1.54) is 0 Å². The molecule has 2 heterocycles. The maximum atomic E-state index is 12.3. The van der Waals surface area contributed by atoms with Crippen LogP contribution in [0.3, 0.4) is 0 Å². The van der Waals surface area contributed by atoms with Crippen LogP contribution in [0.15, 0.2) is 24.3 Å². The molecule has 2 amide bonds. The molecule has 126 valence electrons. The topological polar surface area (TPSA) is 75.6 Å². The average molecular weight is 328 g/mol. The summed E-state index contributed by atoms with van der Waals surface area (Å²) >= 11 is 0. The number of fused-ring (bicyclic) bond motifs is 1. The second-order valence-electron chi connectivity index (χ2n) is 5.77. The van der Waals surface area contributed by atoms with E-state index in [-0.39, 0.29) is 18.4 Å². The van der Waals surface area contributed by atoms with Crippen molar-refractivity contribution in [3.63, 3.8) is 0 Å². The van der Waals surface area contributed by atoms with Crippen molar-refractivity contribution >= 4 is 22.7 Å². The van der Waals surface area contributed by atoms with E-state index in [0.29, 0.717) is 37.9 Å². The molecule has 1 fully saturated rings. The van der Waals surface area contributed by atoms with Crippen LogP contribution < -0.4 is 4.74 Å². The summed E-state index contributed by atoms with van der Waals surface area (Å²) in [5.74, 6) is 0.972. The molecule has 1 aromatic heterocycles. The number of nitrogens with zero attached hydrogens (tertiary/aromatic N) is 4. The second kappa shape index (κ2) is 6.82. The lowest BCUT2D eigenvalue weighted by Gasteiger charge is -2.34. The lowest BCUT2D eigenvalue weighted by atomic mass is 10.2. The van der Waals surface area contributed by atoms with Crippen molar-refractivity contribution in [3.8, 4) is 5.88 Å². The summed E-state index contributed by atoms with van der Waals surface area (Å²) in [7, 11) is 0. The molecule has 0 atom stereocenters. The Morgan fingerprint density at radius 2 is 1.75 bits per heavy atom. The fraction of sp³-hybridized carbons (Fsp3) is 0.412. The van der Waals surface area contributed by atoms with Crippen LogP contribution in [0.1, 0.15) is 12.7 Å². The molecule has 0 radical (unpaired) electrons. The Hall–Kier alpha value is -2.70. The van der Waals surface area contributed by atoms with Crippen LogP contribution in [-0.2, 0) is 9.59 Å². The smallest absolute Gasteiger partial charge is 0.260 e. The normalized spacial score (nSPS) is 14.8. The molecule has 1 aromatic carbocycles. The molecule has 1 saturated heterocycles. The molecule has 7 nitrogen and oxygen atoms in total. The summed E-state index contributed by atoms with van der Waals surface area (Å²) in [5, 5.41) is 0.789. The third-order valence-corrected chi connectivity index (χ3v) is 4.09. The Balaban J connectivity index is 1.64. The highest BCUT2D eigenvalue weighted by molar-refractivity contribution is 5.84. The van der Waals surface area contributed by atoms with Crippen LogP contribution in [0.25, 0.3) is 10.9 Å². The Bertz CT molecular complexity index is 770. The van der Waals surface area contributed by atoms with Gasteiger partial charge in [0.05, 0.1) is 10.9 Å². The highest BCUT2D eigenvalue weighted by Gasteiger charge is 2.22. The second-order valence-corrected chi connectivity index (χ2v) is 5.77. The van der Waals surface area contributed by atoms with Gasteiger partial charge in [-0.1, -0.05) is 12.1 Å². The summed E-state index contributed by atoms with van der Waals surface area (Å²) in [4.78, 5) is 35.8. The van der Waals surface area contributed by atoms with Crippen molar-refractivity contribution in [3.05, 3.63) is 30.1 Å². The quantitative estimate of drug-likeness (QED) is 0.840. The van der Waals surface area contributed by atoms with Crippen molar-refractivity contribution in [2.75, 3.05) is 32.8 Å². The van der Waals surface area contributed by atoms with Crippen molar-refractivity contribution < 1.29 is 14.3 Å². The first-order valence-electron chi connectivity index (χ1n) is 7.94. The molecule has 1 aliphatic rings. The van der Waals surface area contributed by atoms with Crippen LogP contribution in [0.5, 0.6) is 5.88 Å². The third kappa shape index (κ3) is 3.45. The standard InChI is InChI=1S/C17H20N4O3/c1-12-18-15-6-4-3-5-14(15)17(19-12)24-11-16(23)21-9-7-20(8-10-21)13(2)22/h3-6H,7-11H2,1-2H3. The van der Waals surface area contributed by atoms with Gasteiger partial charge in [0.1, 0.15) is 5.82 Å². The van der Waals surface area contributed by atoms with Gasteiger partial charge in [-0.05, 0) is 19.1 Å². The van der Waals surface area contributed by atoms with E-state index in [1.54, 1.807) is 23.6 Å². The number of piperazine rings is 1. The summed E-state index contributed by atoms with van der Waals surface area (Å²) in [6.45, 7) is 5.47. The van der Waals surface area contributed by atoms with Crippen molar-refractivity contribution in [2.24, 2.45) is 0 Å². The highest BCUT2D eigenvalue weighted by atomic mass is 16.5. The Labute approximate surface area is 140 Å². The number of aryl methyl sites for hydroxylation is 1. The molecule has 0 bridgehead atoms. The highest BCUT2D eigenvalue weighted by Crippen LogP contribution is 2.22. The number of aromatic nitrogens is 2. The Morgan fingerprint density at radius 1 is 1.08 bits per heavy atom. The van der Waals surface area contributed by atoms with Gasteiger partial charge < -0.3 is 14.5 Å². The van der Waals surface area contributed by atoms with Gasteiger partial charge in [0.15, 0.2) is 6.61 Å². The zero-order valence-electron chi connectivity index (χ0n) is 13.9. The molecule has 0 aliphatic carbocycles. The minimum absolute atomic E-state index is 0.0429. The molecular formula is C17H20N4O3. The molecule has 0 unspecified atom stereocenters. The number of rotatable bonds is 3. The number of amides is 2. The summed E-state index contributed by atoms with van der Waals surface area (Å²) < 4.78 is 5.67. The summed E-state index contributed by atoms with van der Waals surface area (Å²) in [5.41, 5.74) is 0.794. The molecule has 1 aliphatic heterocycles. The monoisotopic (exact) mass is 328 g/mol. The van der Waals surface area contributed by atoms with Crippen LogP contribution in [0.4, 0.5) is 0 Å². The summed E-state index contributed by atoms with van der Waals surface area (Å²) in [6, 6.07) is 7.55. The molecule has 7 heteroatoms. The zero-order valence-corrected chi connectivity index (χ0v) is 13.9. The SMILES string of the molecule is CC(=O)N1CCN(C(=O)COc2nc(C)nc3ccccc23)CC1. The van der Waals surface area contributed by atoms with Gasteiger partial charge in [0.25, 0.3) is 5.91 Å². The Kier molecular flexibility index (Phi) is 4.59. The number of para-hydroxylation sites is 1. The van der Waals surface area contributed by atoms with Crippen molar-refractivity contribution in [2.45, 2.75) is 13.8 Å². The maximum Gasteiger partial charge on any atom is 0.260 e. The van der Waals surface area contributed by atoms with E-state index < -0.39 is 0 Å². The van der Waals surface area contributed by atoms with Gasteiger partial charge in [-0.3, -0.25) is 9.59 Å². The van der Waals surface area contributed by atoms with Gasteiger partial charge in [-0.2, -0.15) is 4.98 Å². The van der Waals surface area contributed by atoms with Gasteiger partial charge in [-0.15, -0.1) is 0 Å². The fourth-order valence-corrected chi connectivity index (χ4v) is 2.76. The molecule has 0 saturated carbocycles. The number of hydrogen-bond donors (Lipinski definition) is 0. The minimum Gasteiger partial charge on any atom is -0.467 e. The number of ether oxygens (including phenoxy) is 1. The van der Waals surface area contributed by atoms with Crippen LogP contribution >= 0.6 is 0 Å².